The molecular weight excluding hydrogens is 228 g/mol. The second-order valence-corrected chi connectivity index (χ2v) is 4.77. The summed E-state index contributed by atoms with van der Waals surface area (Å²) in [4.78, 5) is 6.62. The molecule has 86 valence electrons. The van der Waals surface area contributed by atoms with Crippen molar-refractivity contribution >= 4 is 10.0 Å². The van der Waals surface area contributed by atoms with Crippen LogP contribution < -0.4 is 4.89 Å². The van der Waals surface area contributed by atoms with Gasteiger partial charge in [-0.25, -0.2) is 8.42 Å². The molecule has 1 rings (SSSR count). The van der Waals surface area contributed by atoms with Gasteiger partial charge < -0.3 is 0 Å². The molecule has 1 aromatic rings. The van der Waals surface area contributed by atoms with E-state index in [4.69, 9.17) is 5.26 Å². The lowest BCUT2D eigenvalue weighted by molar-refractivity contribution is 0.105. The summed E-state index contributed by atoms with van der Waals surface area (Å²) in [5.74, 6) is -0.168. The van der Waals surface area contributed by atoms with E-state index in [-0.39, 0.29) is 12.4 Å². The van der Waals surface area contributed by atoms with E-state index in [1.807, 2.05) is 11.0 Å². The lowest BCUT2D eigenvalue weighted by Gasteiger charge is -2.05. The van der Waals surface area contributed by atoms with Gasteiger partial charge in [-0.1, -0.05) is 17.0 Å². The number of hydrogen-bond acceptors (Lipinski definition) is 4. The molecule has 6 heteroatoms. The fraction of sp³-hybridized carbons (Fsp3) is 0.300. The van der Waals surface area contributed by atoms with Crippen LogP contribution in [0.15, 0.2) is 24.3 Å². The Bertz CT molecular complexity index is 474. The topological polar surface area (TPSA) is 79.2 Å². The highest BCUT2D eigenvalue weighted by Gasteiger charge is 2.10. The fourth-order valence-corrected chi connectivity index (χ4v) is 2.06. The molecule has 0 aromatic heterocycles. The molecule has 0 saturated heterocycles. The van der Waals surface area contributed by atoms with E-state index in [1.165, 1.54) is 0 Å². The van der Waals surface area contributed by atoms with Crippen molar-refractivity contribution in [1.29, 1.82) is 5.26 Å². The van der Waals surface area contributed by atoms with Crippen molar-refractivity contribution in [1.82, 2.24) is 4.89 Å². The van der Waals surface area contributed by atoms with E-state index in [0.717, 1.165) is 0 Å². The number of sulfonamides is 1. The molecule has 0 radical (unpaired) electrons. The van der Waals surface area contributed by atoms with E-state index in [9.17, 15) is 8.42 Å². The summed E-state index contributed by atoms with van der Waals surface area (Å²) in [6.07, 6.45) is 0. The molecule has 0 saturated carbocycles. The second kappa shape index (κ2) is 5.61. The van der Waals surface area contributed by atoms with Gasteiger partial charge in [-0.2, -0.15) is 5.26 Å². The molecule has 1 aromatic carbocycles. The molecule has 0 aliphatic rings. The fourth-order valence-electron chi connectivity index (χ4n) is 1.07. The number of benzene rings is 1. The van der Waals surface area contributed by atoms with Gasteiger partial charge in [-0.05, 0) is 24.6 Å². The Hall–Kier alpha value is -1.42. The summed E-state index contributed by atoms with van der Waals surface area (Å²) in [7, 11) is -3.47. The average Bonchev–Trinajstić information content (AvgIpc) is 2.27. The minimum Gasteiger partial charge on any atom is -0.287 e. The first kappa shape index (κ1) is 12.6. The largest absolute Gasteiger partial charge is 0.287 e. The van der Waals surface area contributed by atoms with Crippen LogP contribution in [0.25, 0.3) is 0 Å². The Morgan fingerprint density at radius 2 is 2.00 bits per heavy atom. The summed E-state index contributed by atoms with van der Waals surface area (Å²) in [6, 6.07) is 8.31. The van der Waals surface area contributed by atoms with Gasteiger partial charge in [0, 0.05) is 0 Å². The number of nitrogens with one attached hydrogen (secondary N) is 1. The van der Waals surface area contributed by atoms with E-state index in [1.54, 1.807) is 31.2 Å². The maximum atomic E-state index is 11.4. The van der Waals surface area contributed by atoms with Crippen LogP contribution in [-0.4, -0.2) is 15.0 Å². The maximum Gasteiger partial charge on any atom is 0.237 e. The SMILES string of the molecule is CCONS(=O)(=O)Cc1ccc(C#N)cc1. The highest BCUT2D eigenvalue weighted by Crippen LogP contribution is 2.06. The Kier molecular flexibility index (Phi) is 4.43. The summed E-state index contributed by atoms with van der Waals surface area (Å²) < 4.78 is 22.8. The second-order valence-electron chi connectivity index (χ2n) is 3.08. The van der Waals surface area contributed by atoms with Crippen LogP contribution in [0.3, 0.4) is 0 Å². The molecular formula is C10H12N2O3S. The lowest BCUT2D eigenvalue weighted by atomic mass is 10.2. The molecule has 1 N–H and O–H groups in total. The van der Waals surface area contributed by atoms with E-state index in [2.05, 4.69) is 4.84 Å². The van der Waals surface area contributed by atoms with Crippen molar-refractivity contribution in [2.75, 3.05) is 6.61 Å². The summed E-state index contributed by atoms with van der Waals surface area (Å²) in [5, 5.41) is 8.58. The highest BCUT2D eigenvalue weighted by molar-refractivity contribution is 7.88. The third kappa shape index (κ3) is 3.98. The maximum absolute atomic E-state index is 11.4. The van der Waals surface area contributed by atoms with Gasteiger partial charge in [0.25, 0.3) is 0 Å². The summed E-state index contributed by atoms with van der Waals surface area (Å²) in [6.45, 7) is 1.96. The minimum absolute atomic E-state index is 0.168. The Balaban J connectivity index is 2.70. The van der Waals surface area contributed by atoms with Crippen molar-refractivity contribution in [3.63, 3.8) is 0 Å². The average molecular weight is 240 g/mol. The van der Waals surface area contributed by atoms with Crippen LogP contribution >= 0.6 is 0 Å². The molecule has 0 aliphatic carbocycles. The van der Waals surface area contributed by atoms with Crippen molar-refractivity contribution in [3.8, 4) is 6.07 Å². The van der Waals surface area contributed by atoms with Crippen molar-refractivity contribution in [2.45, 2.75) is 12.7 Å². The number of nitrogens with zero attached hydrogens (tertiary/aromatic N) is 1. The minimum atomic E-state index is -3.47. The first-order chi connectivity index (χ1) is 7.57. The van der Waals surface area contributed by atoms with Crippen LogP contribution in [0.1, 0.15) is 18.1 Å². The lowest BCUT2D eigenvalue weighted by Crippen LogP contribution is -2.25. The molecule has 0 heterocycles. The molecule has 5 nitrogen and oxygen atoms in total. The third-order valence-electron chi connectivity index (χ3n) is 1.77. The van der Waals surface area contributed by atoms with Gasteiger partial charge in [0.05, 0.1) is 24.0 Å². The van der Waals surface area contributed by atoms with Crippen LogP contribution in [0, 0.1) is 11.3 Å². The van der Waals surface area contributed by atoms with Gasteiger partial charge in [0.1, 0.15) is 0 Å². The molecule has 0 bridgehead atoms. The number of rotatable bonds is 5. The molecule has 16 heavy (non-hydrogen) atoms. The number of hydrogen-bond donors (Lipinski definition) is 1. The Morgan fingerprint density at radius 1 is 1.38 bits per heavy atom. The van der Waals surface area contributed by atoms with Crippen molar-refractivity contribution in [2.24, 2.45) is 0 Å². The molecule has 0 amide bonds. The predicted molar refractivity (Wildman–Crippen MR) is 58.5 cm³/mol. The highest BCUT2D eigenvalue weighted by atomic mass is 32.2. The van der Waals surface area contributed by atoms with Gasteiger partial charge in [0.2, 0.25) is 10.0 Å². The zero-order chi connectivity index (χ0) is 12.0. The molecule has 0 atom stereocenters. The Labute approximate surface area is 94.7 Å². The third-order valence-corrected chi connectivity index (χ3v) is 2.86. The molecule has 0 aliphatic heterocycles. The number of nitriles is 1. The summed E-state index contributed by atoms with van der Waals surface area (Å²) >= 11 is 0. The van der Waals surface area contributed by atoms with Crippen molar-refractivity contribution < 1.29 is 13.3 Å². The monoisotopic (exact) mass is 240 g/mol. The van der Waals surface area contributed by atoms with Gasteiger partial charge in [0.15, 0.2) is 0 Å². The molecule has 0 fully saturated rings. The quantitative estimate of drug-likeness (QED) is 0.776. The van der Waals surface area contributed by atoms with Gasteiger partial charge in [-0.15, -0.1) is 0 Å². The summed E-state index contributed by atoms with van der Waals surface area (Å²) in [5.41, 5.74) is 1.10. The zero-order valence-electron chi connectivity index (χ0n) is 8.80. The smallest absolute Gasteiger partial charge is 0.237 e. The molecule has 0 unspecified atom stereocenters. The van der Waals surface area contributed by atoms with Crippen LogP contribution in [0.2, 0.25) is 0 Å². The normalized spacial score (nSPS) is 11.0. The standard InChI is InChI=1S/C10H12N2O3S/c1-2-15-12-16(13,14)8-10-5-3-9(7-11)4-6-10/h3-6,12H,2,8H2,1H3. The van der Waals surface area contributed by atoms with E-state index >= 15 is 0 Å². The first-order valence-corrected chi connectivity index (χ1v) is 6.33. The van der Waals surface area contributed by atoms with Crippen molar-refractivity contribution in [3.05, 3.63) is 35.4 Å². The zero-order valence-corrected chi connectivity index (χ0v) is 9.62. The van der Waals surface area contributed by atoms with E-state index in [0.29, 0.717) is 11.1 Å². The first-order valence-electron chi connectivity index (χ1n) is 4.67. The van der Waals surface area contributed by atoms with Crippen LogP contribution in [-0.2, 0) is 20.6 Å². The van der Waals surface area contributed by atoms with E-state index < -0.39 is 10.0 Å². The molecule has 0 spiro atoms. The van der Waals surface area contributed by atoms with Crippen LogP contribution in [0.5, 0.6) is 0 Å². The van der Waals surface area contributed by atoms with Gasteiger partial charge >= 0.3 is 0 Å². The Morgan fingerprint density at radius 3 is 2.50 bits per heavy atom. The van der Waals surface area contributed by atoms with Gasteiger partial charge in [-0.3, -0.25) is 4.84 Å². The van der Waals surface area contributed by atoms with Crippen LogP contribution in [0.4, 0.5) is 0 Å². The predicted octanol–water partition coefficient (Wildman–Crippen LogP) is 0.929.